The second-order valence-corrected chi connectivity index (χ2v) is 6.30. The number of halogens is 1. The molecule has 6 nitrogen and oxygen atoms in total. The highest BCUT2D eigenvalue weighted by Gasteiger charge is 2.15. The lowest BCUT2D eigenvalue weighted by molar-refractivity contribution is -0.120. The molecule has 2 rings (SSSR count). The first kappa shape index (κ1) is 20.8. The molecule has 0 aliphatic rings. The van der Waals surface area contributed by atoms with Crippen molar-refractivity contribution in [1.29, 1.82) is 0 Å². The van der Waals surface area contributed by atoms with Gasteiger partial charge in [0.2, 0.25) is 5.91 Å². The predicted molar refractivity (Wildman–Crippen MR) is 104 cm³/mol. The number of likely N-dealkylation sites (N-methyl/N-ethyl adjacent to an activating group) is 1. The molecule has 0 fully saturated rings. The van der Waals surface area contributed by atoms with E-state index in [-0.39, 0.29) is 18.3 Å². The standard InChI is InChI=1S/C20H26FN3O3/c1-14(26)23-11-18(27-13-25)12-24(2)17-7-8-19(20(21)9-17)16-5-3-15(10-22)4-6-16/h3-9,18,25H,10-13,22H2,1-2H3,(H,23,26)/t18-/m0/s1. The summed E-state index contributed by atoms with van der Waals surface area (Å²) in [5.41, 5.74) is 8.55. The van der Waals surface area contributed by atoms with Gasteiger partial charge in [-0.25, -0.2) is 4.39 Å². The summed E-state index contributed by atoms with van der Waals surface area (Å²) in [5.74, 6) is -0.512. The van der Waals surface area contributed by atoms with Gasteiger partial charge in [0.1, 0.15) is 12.6 Å². The number of rotatable bonds is 9. The molecule has 4 N–H and O–H groups in total. The third-order valence-corrected chi connectivity index (χ3v) is 4.26. The number of nitrogens with one attached hydrogen (secondary N) is 1. The normalized spacial score (nSPS) is 11.9. The third-order valence-electron chi connectivity index (χ3n) is 4.26. The highest BCUT2D eigenvalue weighted by Crippen LogP contribution is 2.27. The van der Waals surface area contributed by atoms with E-state index in [0.717, 1.165) is 11.1 Å². The minimum atomic E-state index is -0.454. The van der Waals surface area contributed by atoms with Crippen molar-refractivity contribution >= 4 is 11.6 Å². The van der Waals surface area contributed by atoms with Crippen molar-refractivity contribution in [2.24, 2.45) is 5.73 Å². The van der Waals surface area contributed by atoms with Gasteiger partial charge in [-0.2, -0.15) is 0 Å². The molecule has 0 radical (unpaired) electrons. The van der Waals surface area contributed by atoms with Crippen LogP contribution in [0.5, 0.6) is 0 Å². The molecule has 0 aliphatic heterocycles. The number of carbonyl (C=O) groups excluding carboxylic acids is 1. The first-order chi connectivity index (χ1) is 12.9. The fraction of sp³-hybridized carbons (Fsp3) is 0.350. The monoisotopic (exact) mass is 375 g/mol. The summed E-state index contributed by atoms with van der Waals surface area (Å²) >= 11 is 0. The van der Waals surface area contributed by atoms with Crippen LogP contribution in [0.25, 0.3) is 11.1 Å². The maximum atomic E-state index is 14.6. The summed E-state index contributed by atoms with van der Waals surface area (Å²) in [7, 11) is 1.80. The van der Waals surface area contributed by atoms with Crippen molar-refractivity contribution < 1.29 is 19.0 Å². The molecule has 1 amide bonds. The van der Waals surface area contributed by atoms with Gasteiger partial charge in [-0.1, -0.05) is 24.3 Å². The summed E-state index contributed by atoms with van der Waals surface area (Å²) < 4.78 is 19.9. The smallest absolute Gasteiger partial charge is 0.216 e. The molecule has 0 bridgehead atoms. The Morgan fingerprint density at radius 1 is 1.30 bits per heavy atom. The SMILES string of the molecule is CC(=O)NC[C@@H](CN(C)c1ccc(-c2ccc(CN)cc2)c(F)c1)OCO. The first-order valence-electron chi connectivity index (χ1n) is 8.71. The molecule has 0 aliphatic carbocycles. The van der Waals surface area contributed by atoms with Crippen LogP contribution in [0.2, 0.25) is 0 Å². The fourth-order valence-corrected chi connectivity index (χ4v) is 2.75. The quantitative estimate of drug-likeness (QED) is 0.583. The molecule has 0 aromatic heterocycles. The van der Waals surface area contributed by atoms with E-state index in [1.807, 2.05) is 35.2 Å². The lowest BCUT2D eigenvalue weighted by Crippen LogP contribution is -2.40. The number of carbonyl (C=O) groups is 1. The second-order valence-electron chi connectivity index (χ2n) is 6.30. The van der Waals surface area contributed by atoms with Crippen molar-refractivity contribution in [3.05, 3.63) is 53.8 Å². The average molecular weight is 375 g/mol. The molecule has 146 valence electrons. The van der Waals surface area contributed by atoms with E-state index >= 15 is 0 Å². The van der Waals surface area contributed by atoms with E-state index in [4.69, 9.17) is 15.6 Å². The predicted octanol–water partition coefficient (Wildman–Crippen LogP) is 1.86. The van der Waals surface area contributed by atoms with Gasteiger partial charge in [0, 0.05) is 44.9 Å². The number of nitrogens with two attached hydrogens (primary N) is 1. The van der Waals surface area contributed by atoms with E-state index in [9.17, 15) is 9.18 Å². The van der Waals surface area contributed by atoms with Crippen molar-refractivity contribution in [3.63, 3.8) is 0 Å². The molecular weight excluding hydrogens is 349 g/mol. The lowest BCUT2D eigenvalue weighted by atomic mass is 10.0. The van der Waals surface area contributed by atoms with E-state index in [1.54, 1.807) is 13.1 Å². The van der Waals surface area contributed by atoms with Gasteiger partial charge in [-0.05, 0) is 29.3 Å². The second kappa shape index (κ2) is 10.0. The summed E-state index contributed by atoms with van der Waals surface area (Å²) in [6, 6.07) is 12.5. The maximum absolute atomic E-state index is 14.6. The Labute approximate surface area is 158 Å². The summed E-state index contributed by atoms with van der Waals surface area (Å²) in [6.07, 6.45) is -0.421. The van der Waals surface area contributed by atoms with Crippen LogP contribution in [0.3, 0.4) is 0 Å². The first-order valence-corrected chi connectivity index (χ1v) is 8.71. The van der Waals surface area contributed by atoms with Crippen molar-refractivity contribution in [3.8, 4) is 11.1 Å². The minimum absolute atomic E-state index is 0.180. The van der Waals surface area contributed by atoms with Crippen LogP contribution in [0, 0.1) is 5.82 Å². The van der Waals surface area contributed by atoms with Crippen molar-refractivity contribution in [1.82, 2.24) is 5.32 Å². The maximum Gasteiger partial charge on any atom is 0.216 e. The van der Waals surface area contributed by atoms with Crippen LogP contribution < -0.4 is 16.0 Å². The zero-order chi connectivity index (χ0) is 19.8. The highest BCUT2D eigenvalue weighted by molar-refractivity contribution is 5.72. The lowest BCUT2D eigenvalue weighted by Gasteiger charge is -2.26. The van der Waals surface area contributed by atoms with E-state index in [2.05, 4.69) is 5.32 Å². The van der Waals surface area contributed by atoms with Crippen LogP contribution in [-0.2, 0) is 16.1 Å². The van der Waals surface area contributed by atoms with Crippen molar-refractivity contribution in [2.45, 2.75) is 19.6 Å². The number of amides is 1. The van der Waals surface area contributed by atoms with Crippen LogP contribution in [-0.4, -0.2) is 44.0 Å². The van der Waals surface area contributed by atoms with E-state index in [1.165, 1.54) is 13.0 Å². The Bertz CT molecular complexity index is 753. The Kier molecular flexibility index (Phi) is 7.72. The topological polar surface area (TPSA) is 87.8 Å². The summed E-state index contributed by atoms with van der Waals surface area (Å²) in [6.45, 7) is 2.04. The van der Waals surface area contributed by atoms with Gasteiger partial charge < -0.3 is 25.8 Å². The molecular formula is C20H26FN3O3. The number of nitrogens with zero attached hydrogens (tertiary/aromatic N) is 1. The molecule has 0 heterocycles. The molecule has 2 aromatic carbocycles. The Balaban J connectivity index is 2.11. The zero-order valence-corrected chi connectivity index (χ0v) is 15.6. The summed E-state index contributed by atoms with van der Waals surface area (Å²) in [5, 5.41) is 11.7. The van der Waals surface area contributed by atoms with Crippen LogP contribution in [0.4, 0.5) is 10.1 Å². The van der Waals surface area contributed by atoms with Gasteiger partial charge in [-0.15, -0.1) is 0 Å². The number of ether oxygens (including phenoxy) is 1. The average Bonchev–Trinajstić information content (AvgIpc) is 2.66. The van der Waals surface area contributed by atoms with Gasteiger partial charge >= 0.3 is 0 Å². The Morgan fingerprint density at radius 3 is 2.56 bits per heavy atom. The number of hydrogen-bond donors (Lipinski definition) is 3. The van der Waals surface area contributed by atoms with Crippen LogP contribution in [0.15, 0.2) is 42.5 Å². The number of aliphatic hydroxyl groups excluding tert-OH is 1. The molecule has 1 atom stereocenters. The number of benzene rings is 2. The van der Waals surface area contributed by atoms with Crippen LogP contribution in [0.1, 0.15) is 12.5 Å². The Hall–Kier alpha value is -2.48. The third kappa shape index (κ3) is 6.02. The fourth-order valence-electron chi connectivity index (χ4n) is 2.75. The van der Waals surface area contributed by atoms with Gasteiger partial charge in [0.05, 0.1) is 6.10 Å². The minimum Gasteiger partial charge on any atom is -0.372 e. The molecule has 0 saturated carbocycles. The van der Waals surface area contributed by atoms with Crippen LogP contribution >= 0.6 is 0 Å². The van der Waals surface area contributed by atoms with Gasteiger partial charge in [-0.3, -0.25) is 4.79 Å². The summed E-state index contributed by atoms with van der Waals surface area (Å²) in [4.78, 5) is 12.9. The molecule has 0 unspecified atom stereocenters. The van der Waals surface area contributed by atoms with Gasteiger partial charge in [0.25, 0.3) is 0 Å². The van der Waals surface area contributed by atoms with Gasteiger partial charge in [0.15, 0.2) is 0 Å². The molecule has 27 heavy (non-hydrogen) atoms. The zero-order valence-electron chi connectivity index (χ0n) is 15.6. The molecule has 7 heteroatoms. The highest BCUT2D eigenvalue weighted by atomic mass is 19.1. The number of hydrogen-bond acceptors (Lipinski definition) is 5. The molecule has 2 aromatic rings. The molecule has 0 spiro atoms. The molecule has 0 saturated heterocycles. The number of anilines is 1. The van der Waals surface area contributed by atoms with E-state index < -0.39 is 12.9 Å². The van der Waals surface area contributed by atoms with E-state index in [0.29, 0.717) is 24.3 Å². The number of aliphatic hydroxyl groups is 1. The largest absolute Gasteiger partial charge is 0.372 e. The Morgan fingerprint density at radius 2 is 2.00 bits per heavy atom. The van der Waals surface area contributed by atoms with Crippen molar-refractivity contribution in [2.75, 3.05) is 31.8 Å².